The summed E-state index contributed by atoms with van der Waals surface area (Å²) in [6.07, 6.45) is 5.88. The molecule has 2 aliphatic carbocycles. The second-order valence-corrected chi connectivity index (χ2v) is 11.3. The van der Waals surface area contributed by atoms with E-state index in [1.54, 1.807) is 16.7 Å². The number of aliphatic hydroxyl groups excluding tert-OH is 3. The zero-order valence-corrected chi connectivity index (χ0v) is 21.5. The van der Waals surface area contributed by atoms with Crippen molar-refractivity contribution in [3.8, 4) is 0 Å². The third-order valence-electron chi connectivity index (χ3n) is 7.55. The van der Waals surface area contributed by atoms with Crippen molar-refractivity contribution in [2.75, 3.05) is 18.2 Å². The molecule has 3 rings (SSSR count). The predicted molar refractivity (Wildman–Crippen MR) is 133 cm³/mol. The van der Waals surface area contributed by atoms with Gasteiger partial charge in [0.05, 0.1) is 36.5 Å². The van der Waals surface area contributed by atoms with Crippen LogP contribution in [0.4, 0.5) is 0 Å². The zero-order chi connectivity index (χ0) is 24.8. The smallest absolute Gasteiger partial charge is 0.308 e. The van der Waals surface area contributed by atoms with Crippen LogP contribution in [0.2, 0.25) is 0 Å². The fourth-order valence-corrected chi connectivity index (χ4v) is 6.23. The molecule has 0 saturated carbocycles. The molecule has 8 atom stereocenters. The molecular weight excluding hydrogens is 454 g/mol. The number of carbonyl (C=O) groups excluding carboxylic acids is 2. The average molecular weight is 496 g/mol. The number of aliphatic hydroxyl groups is 3. The molecule has 0 unspecified atom stereocenters. The second kappa shape index (κ2) is 12.6. The van der Waals surface area contributed by atoms with E-state index in [2.05, 4.69) is 13.0 Å². The third kappa shape index (κ3) is 7.09. The van der Waals surface area contributed by atoms with Crippen LogP contribution < -0.4 is 0 Å². The molecule has 192 valence electrons. The fraction of sp³-hybridized carbons (Fsp3) is 0.769. The molecule has 0 radical (unpaired) electrons. The SMILES string of the molecule is CC[C@H](C)C(=O)O[C@H]1C[C@H](O)C=C2C=C[C@H](C)[C@H](CC[C@@H](O)C[C@@H](O)CC(=O)N3CCSC3)[C@H]21. The molecule has 1 fully saturated rings. The van der Waals surface area contributed by atoms with Gasteiger partial charge in [-0.3, -0.25) is 9.59 Å². The normalized spacial score (nSPS) is 31.4. The van der Waals surface area contributed by atoms with Crippen molar-refractivity contribution < 1.29 is 29.6 Å². The highest BCUT2D eigenvalue weighted by molar-refractivity contribution is 7.99. The number of thioether (sulfide) groups is 1. The number of ether oxygens (including phenoxy) is 1. The van der Waals surface area contributed by atoms with E-state index < -0.39 is 24.4 Å². The minimum Gasteiger partial charge on any atom is -0.461 e. The molecule has 3 aliphatic rings. The number of rotatable bonds is 10. The molecule has 8 heteroatoms. The Morgan fingerprint density at radius 3 is 2.74 bits per heavy atom. The summed E-state index contributed by atoms with van der Waals surface area (Å²) in [5.41, 5.74) is 0.993. The first-order chi connectivity index (χ1) is 16.2. The Kier molecular flexibility index (Phi) is 10.1. The van der Waals surface area contributed by atoms with Gasteiger partial charge in [0.25, 0.3) is 0 Å². The molecule has 0 aromatic rings. The second-order valence-electron chi connectivity index (χ2n) is 10.2. The largest absolute Gasteiger partial charge is 0.461 e. The van der Waals surface area contributed by atoms with Gasteiger partial charge in [0.15, 0.2) is 0 Å². The van der Waals surface area contributed by atoms with Crippen LogP contribution in [0.15, 0.2) is 23.8 Å². The van der Waals surface area contributed by atoms with E-state index in [0.29, 0.717) is 31.6 Å². The maximum Gasteiger partial charge on any atom is 0.308 e. The monoisotopic (exact) mass is 495 g/mol. The molecule has 7 nitrogen and oxygen atoms in total. The van der Waals surface area contributed by atoms with Crippen LogP contribution in [0.3, 0.4) is 0 Å². The van der Waals surface area contributed by atoms with E-state index in [9.17, 15) is 24.9 Å². The van der Waals surface area contributed by atoms with Gasteiger partial charge >= 0.3 is 5.97 Å². The maximum atomic E-state index is 12.5. The number of carbonyl (C=O) groups is 2. The number of hydrogen-bond acceptors (Lipinski definition) is 7. The Morgan fingerprint density at radius 2 is 2.06 bits per heavy atom. The van der Waals surface area contributed by atoms with Crippen molar-refractivity contribution >= 4 is 23.6 Å². The van der Waals surface area contributed by atoms with Crippen LogP contribution in [0.25, 0.3) is 0 Å². The van der Waals surface area contributed by atoms with Gasteiger partial charge in [-0.05, 0) is 43.1 Å². The van der Waals surface area contributed by atoms with Crippen molar-refractivity contribution in [1.29, 1.82) is 0 Å². The van der Waals surface area contributed by atoms with Gasteiger partial charge in [-0.1, -0.05) is 39.0 Å². The van der Waals surface area contributed by atoms with Crippen LogP contribution in [-0.2, 0) is 14.3 Å². The van der Waals surface area contributed by atoms with Gasteiger partial charge in [0.2, 0.25) is 5.91 Å². The number of hydrogen-bond donors (Lipinski definition) is 3. The molecule has 3 N–H and O–H groups in total. The highest BCUT2D eigenvalue weighted by atomic mass is 32.2. The molecule has 1 saturated heterocycles. The number of amides is 1. The van der Waals surface area contributed by atoms with Gasteiger partial charge in [0, 0.05) is 24.6 Å². The van der Waals surface area contributed by atoms with E-state index >= 15 is 0 Å². The summed E-state index contributed by atoms with van der Waals surface area (Å²) in [5, 5.41) is 31.3. The lowest BCUT2D eigenvalue weighted by molar-refractivity contribution is -0.159. The highest BCUT2D eigenvalue weighted by Gasteiger charge is 2.42. The average Bonchev–Trinajstić information content (AvgIpc) is 3.33. The van der Waals surface area contributed by atoms with Crippen LogP contribution in [0.1, 0.15) is 59.3 Å². The van der Waals surface area contributed by atoms with Gasteiger partial charge in [-0.25, -0.2) is 0 Å². The quantitative estimate of drug-likeness (QED) is 0.400. The Morgan fingerprint density at radius 1 is 1.29 bits per heavy atom. The summed E-state index contributed by atoms with van der Waals surface area (Å²) >= 11 is 1.71. The molecule has 0 spiro atoms. The zero-order valence-electron chi connectivity index (χ0n) is 20.6. The van der Waals surface area contributed by atoms with Crippen LogP contribution in [0, 0.1) is 23.7 Å². The lowest BCUT2D eigenvalue weighted by Crippen LogP contribution is -2.43. The molecule has 1 aliphatic heterocycles. The van der Waals surface area contributed by atoms with E-state index in [1.807, 2.05) is 26.0 Å². The third-order valence-corrected chi connectivity index (χ3v) is 8.51. The van der Waals surface area contributed by atoms with Gasteiger partial charge < -0.3 is 25.0 Å². The number of fused-ring (bicyclic) bond motifs is 1. The van der Waals surface area contributed by atoms with Crippen molar-refractivity contribution in [1.82, 2.24) is 4.90 Å². The Labute approximate surface area is 207 Å². The summed E-state index contributed by atoms with van der Waals surface area (Å²) in [6.45, 7) is 6.66. The Hall–Kier alpha value is -1.35. The van der Waals surface area contributed by atoms with Gasteiger partial charge in [-0.15, -0.1) is 11.8 Å². The van der Waals surface area contributed by atoms with Crippen molar-refractivity contribution in [3.63, 3.8) is 0 Å². The van der Waals surface area contributed by atoms with E-state index in [-0.39, 0.29) is 48.4 Å². The molecular formula is C26H41NO6S. The standard InChI is InChI=1S/C26H41NO6S/c1-4-16(2)26(32)33-23-13-20(29)11-18-6-5-17(3)22(25(18)23)8-7-19(28)12-21(30)14-24(31)27-9-10-34-15-27/h5-6,11,16-17,19-23,25,28-30H,4,7-10,12-15H2,1-3H3/t16-,17-,19+,20+,21+,22-,23-,25-/m0/s1. The molecule has 0 bridgehead atoms. The predicted octanol–water partition coefficient (Wildman–Crippen LogP) is 2.89. The minimum absolute atomic E-state index is 0.0252. The van der Waals surface area contributed by atoms with Crippen molar-refractivity contribution in [2.24, 2.45) is 23.7 Å². The summed E-state index contributed by atoms with van der Waals surface area (Å²) in [6, 6.07) is 0. The fourth-order valence-electron chi connectivity index (χ4n) is 5.26. The van der Waals surface area contributed by atoms with E-state index in [4.69, 9.17) is 4.74 Å². The Balaban J connectivity index is 1.59. The minimum atomic E-state index is -0.860. The number of nitrogens with zero attached hydrogens (tertiary/aromatic N) is 1. The molecule has 1 heterocycles. The lowest BCUT2D eigenvalue weighted by Gasteiger charge is -2.43. The van der Waals surface area contributed by atoms with E-state index in [1.165, 1.54) is 0 Å². The van der Waals surface area contributed by atoms with Crippen molar-refractivity contribution in [3.05, 3.63) is 23.8 Å². The summed E-state index contributed by atoms with van der Waals surface area (Å²) in [7, 11) is 0. The van der Waals surface area contributed by atoms with Gasteiger partial charge in [-0.2, -0.15) is 0 Å². The molecule has 1 amide bonds. The van der Waals surface area contributed by atoms with Crippen LogP contribution in [-0.4, -0.2) is 74.7 Å². The first-order valence-corrected chi connectivity index (χ1v) is 13.8. The molecule has 0 aromatic heterocycles. The van der Waals surface area contributed by atoms with Crippen LogP contribution >= 0.6 is 11.8 Å². The summed E-state index contributed by atoms with van der Waals surface area (Å²) in [4.78, 5) is 26.6. The summed E-state index contributed by atoms with van der Waals surface area (Å²) < 4.78 is 5.91. The van der Waals surface area contributed by atoms with Crippen molar-refractivity contribution in [2.45, 2.75) is 83.7 Å². The lowest BCUT2D eigenvalue weighted by atomic mass is 9.66. The summed E-state index contributed by atoms with van der Waals surface area (Å²) in [5.74, 6) is 1.48. The number of allylic oxidation sites excluding steroid dienone is 2. The first kappa shape index (κ1) is 27.2. The maximum absolute atomic E-state index is 12.5. The van der Waals surface area contributed by atoms with Crippen LogP contribution in [0.5, 0.6) is 0 Å². The molecule has 34 heavy (non-hydrogen) atoms. The Bertz CT molecular complexity index is 764. The molecule has 0 aromatic carbocycles. The highest BCUT2D eigenvalue weighted by Crippen LogP contribution is 2.44. The van der Waals surface area contributed by atoms with E-state index in [0.717, 1.165) is 17.9 Å². The first-order valence-electron chi connectivity index (χ1n) is 12.7. The topological polar surface area (TPSA) is 107 Å². The number of esters is 1. The van der Waals surface area contributed by atoms with Gasteiger partial charge in [0.1, 0.15) is 6.10 Å².